The van der Waals surface area contributed by atoms with Crippen molar-refractivity contribution in [2.75, 3.05) is 0 Å². The van der Waals surface area contributed by atoms with E-state index in [4.69, 9.17) is 5.73 Å². The molecule has 0 radical (unpaired) electrons. The minimum absolute atomic E-state index is 0.0223. The van der Waals surface area contributed by atoms with Crippen LogP contribution in [0.25, 0.3) is 0 Å². The van der Waals surface area contributed by atoms with Crippen LogP contribution in [0, 0.1) is 5.92 Å². The maximum atomic E-state index is 12.3. The lowest BCUT2D eigenvalue weighted by Gasteiger charge is -2.28. The highest BCUT2D eigenvalue weighted by Crippen LogP contribution is 2.31. The molecule has 3 heteroatoms. The molecule has 3 atom stereocenters. The van der Waals surface area contributed by atoms with Crippen LogP contribution in [0.1, 0.15) is 49.3 Å². The van der Waals surface area contributed by atoms with Gasteiger partial charge in [0.2, 0.25) is 5.91 Å². The molecule has 3 N–H and O–H groups in total. The topological polar surface area (TPSA) is 55.1 Å². The Morgan fingerprint density at radius 2 is 2.00 bits per heavy atom. The van der Waals surface area contributed by atoms with Crippen molar-refractivity contribution in [2.45, 2.75) is 50.6 Å². The molecular formula is C16H22N2O. The van der Waals surface area contributed by atoms with Gasteiger partial charge in [0.15, 0.2) is 0 Å². The molecule has 0 saturated heterocycles. The number of nitrogens with two attached hydrogens (primary N) is 1. The summed E-state index contributed by atoms with van der Waals surface area (Å²) in [6, 6.07) is 8.70. The zero-order chi connectivity index (χ0) is 13.2. The Morgan fingerprint density at radius 3 is 2.79 bits per heavy atom. The van der Waals surface area contributed by atoms with Gasteiger partial charge in [-0.1, -0.05) is 30.7 Å². The number of fused-ring (bicyclic) bond motifs is 1. The average molecular weight is 258 g/mol. The summed E-state index contributed by atoms with van der Waals surface area (Å²) in [4.78, 5) is 12.3. The Kier molecular flexibility index (Phi) is 3.56. The van der Waals surface area contributed by atoms with Gasteiger partial charge in [0.25, 0.3) is 0 Å². The zero-order valence-corrected chi connectivity index (χ0v) is 11.3. The standard InChI is InChI=1S/C16H22N2O/c17-14-9-4-8-13(14)16(19)18-15-10-3-6-11-5-1-2-7-12(11)15/h1-2,5,7,13-15H,3-4,6,8-10,17H2,(H,18,19). The van der Waals surface area contributed by atoms with Crippen molar-refractivity contribution in [3.05, 3.63) is 35.4 Å². The number of hydrogen-bond donors (Lipinski definition) is 2. The number of amides is 1. The second kappa shape index (κ2) is 5.33. The Hall–Kier alpha value is -1.35. The van der Waals surface area contributed by atoms with Gasteiger partial charge in [0, 0.05) is 6.04 Å². The van der Waals surface area contributed by atoms with Crippen LogP contribution in [0.4, 0.5) is 0 Å². The first kappa shape index (κ1) is 12.7. The van der Waals surface area contributed by atoms with Crippen molar-refractivity contribution in [1.29, 1.82) is 0 Å². The van der Waals surface area contributed by atoms with Gasteiger partial charge in [-0.2, -0.15) is 0 Å². The molecule has 0 heterocycles. The van der Waals surface area contributed by atoms with E-state index in [2.05, 4.69) is 29.6 Å². The van der Waals surface area contributed by atoms with E-state index in [1.807, 2.05) is 0 Å². The molecule has 0 aliphatic heterocycles. The minimum atomic E-state index is 0.0223. The Balaban J connectivity index is 1.72. The fraction of sp³-hybridized carbons (Fsp3) is 0.562. The molecular weight excluding hydrogens is 236 g/mol. The Morgan fingerprint density at radius 1 is 1.16 bits per heavy atom. The average Bonchev–Trinajstić information content (AvgIpc) is 2.85. The largest absolute Gasteiger partial charge is 0.349 e. The summed E-state index contributed by atoms with van der Waals surface area (Å²) in [6.45, 7) is 0. The number of nitrogens with one attached hydrogen (secondary N) is 1. The van der Waals surface area contributed by atoms with Gasteiger partial charge >= 0.3 is 0 Å². The number of rotatable bonds is 2. The molecule has 0 aromatic heterocycles. The summed E-state index contributed by atoms with van der Waals surface area (Å²) >= 11 is 0. The van der Waals surface area contributed by atoms with E-state index in [0.29, 0.717) is 0 Å². The van der Waals surface area contributed by atoms with E-state index in [-0.39, 0.29) is 23.9 Å². The lowest BCUT2D eigenvalue weighted by molar-refractivity contribution is -0.126. The van der Waals surface area contributed by atoms with Gasteiger partial charge in [-0.25, -0.2) is 0 Å². The van der Waals surface area contributed by atoms with E-state index in [1.54, 1.807) is 0 Å². The van der Waals surface area contributed by atoms with Crippen LogP contribution >= 0.6 is 0 Å². The monoisotopic (exact) mass is 258 g/mol. The van der Waals surface area contributed by atoms with Gasteiger partial charge in [0.05, 0.1) is 12.0 Å². The Labute approximate surface area is 114 Å². The third kappa shape index (κ3) is 2.52. The molecule has 19 heavy (non-hydrogen) atoms. The highest BCUT2D eigenvalue weighted by Gasteiger charge is 2.32. The molecule has 0 bridgehead atoms. The van der Waals surface area contributed by atoms with Gasteiger partial charge in [0.1, 0.15) is 0 Å². The van der Waals surface area contributed by atoms with Crippen molar-refractivity contribution in [3.63, 3.8) is 0 Å². The lowest BCUT2D eigenvalue weighted by Crippen LogP contribution is -2.41. The Bertz CT molecular complexity index is 472. The van der Waals surface area contributed by atoms with Gasteiger partial charge in [-0.3, -0.25) is 4.79 Å². The van der Waals surface area contributed by atoms with E-state index in [0.717, 1.165) is 38.5 Å². The maximum Gasteiger partial charge on any atom is 0.225 e. The third-order valence-electron chi connectivity index (χ3n) is 4.59. The molecule has 102 valence electrons. The molecule has 3 rings (SSSR count). The molecule has 1 aromatic carbocycles. The fourth-order valence-corrected chi connectivity index (χ4v) is 3.50. The molecule has 3 nitrogen and oxygen atoms in total. The summed E-state index contributed by atoms with van der Waals surface area (Å²) in [5.41, 5.74) is 8.70. The van der Waals surface area contributed by atoms with Crippen LogP contribution in [0.3, 0.4) is 0 Å². The summed E-state index contributed by atoms with van der Waals surface area (Å²) in [5, 5.41) is 3.23. The molecule has 2 aliphatic carbocycles. The van der Waals surface area contributed by atoms with Crippen molar-refractivity contribution < 1.29 is 4.79 Å². The van der Waals surface area contributed by atoms with Crippen molar-refractivity contribution in [1.82, 2.24) is 5.32 Å². The minimum Gasteiger partial charge on any atom is -0.349 e. The van der Waals surface area contributed by atoms with Crippen LogP contribution in [0.5, 0.6) is 0 Å². The molecule has 2 aliphatic rings. The predicted molar refractivity (Wildman–Crippen MR) is 75.6 cm³/mol. The third-order valence-corrected chi connectivity index (χ3v) is 4.59. The first-order valence-corrected chi connectivity index (χ1v) is 7.39. The second-order valence-corrected chi connectivity index (χ2v) is 5.85. The van der Waals surface area contributed by atoms with Crippen LogP contribution in [-0.2, 0) is 11.2 Å². The van der Waals surface area contributed by atoms with E-state index in [9.17, 15) is 4.79 Å². The van der Waals surface area contributed by atoms with Gasteiger partial charge in [-0.15, -0.1) is 0 Å². The second-order valence-electron chi connectivity index (χ2n) is 5.85. The summed E-state index contributed by atoms with van der Waals surface area (Å²) in [7, 11) is 0. The molecule has 0 spiro atoms. The van der Waals surface area contributed by atoms with Crippen molar-refractivity contribution in [3.8, 4) is 0 Å². The quantitative estimate of drug-likeness (QED) is 0.855. The number of hydrogen-bond acceptors (Lipinski definition) is 2. The number of carbonyl (C=O) groups is 1. The zero-order valence-electron chi connectivity index (χ0n) is 11.3. The number of benzene rings is 1. The normalized spacial score (nSPS) is 29.8. The van der Waals surface area contributed by atoms with Crippen LogP contribution in [0.15, 0.2) is 24.3 Å². The predicted octanol–water partition coefficient (Wildman–Crippen LogP) is 2.31. The summed E-state index contributed by atoms with van der Waals surface area (Å²) < 4.78 is 0. The maximum absolute atomic E-state index is 12.3. The van der Waals surface area contributed by atoms with E-state index >= 15 is 0 Å². The summed E-state index contributed by atoms with van der Waals surface area (Å²) in [6.07, 6.45) is 6.34. The van der Waals surface area contributed by atoms with Crippen LogP contribution in [-0.4, -0.2) is 11.9 Å². The number of carbonyl (C=O) groups excluding carboxylic acids is 1. The van der Waals surface area contributed by atoms with Crippen molar-refractivity contribution >= 4 is 5.91 Å². The highest BCUT2D eigenvalue weighted by atomic mass is 16.2. The number of aryl methyl sites for hydroxylation is 1. The smallest absolute Gasteiger partial charge is 0.225 e. The molecule has 1 amide bonds. The van der Waals surface area contributed by atoms with Crippen LogP contribution in [0.2, 0.25) is 0 Å². The van der Waals surface area contributed by atoms with Crippen LogP contribution < -0.4 is 11.1 Å². The van der Waals surface area contributed by atoms with E-state index < -0.39 is 0 Å². The lowest BCUT2D eigenvalue weighted by atomic mass is 9.87. The first-order valence-electron chi connectivity index (χ1n) is 7.39. The fourth-order valence-electron chi connectivity index (χ4n) is 3.50. The summed E-state index contributed by atoms with van der Waals surface area (Å²) in [5.74, 6) is 0.181. The van der Waals surface area contributed by atoms with Crippen molar-refractivity contribution in [2.24, 2.45) is 11.7 Å². The highest BCUT2D eigenvalue weighted by molar-refractivity contribution is 5.80. The molecule has 1 aromatic rings. The van der Waals surface area contributed by atoms with Gasteiger partial charge in [-0.05, 0) is 43.2 Å². The first-order chi connectivity index (χ1) is 9.25. The molecule has 3 unspecified atom stereocenters. The molecule has 1 fully saturated rings. The van der Waals surface area contributed by atoms with Gasteiger partial charge < -0.3 is 11.1 Å². The SMILES string of the molecule is NC1CCCC1C(=O)NC1CCCc2ccccc21. The van der Waals surface area contributed by atoms with E-state index in [1.165, 1.54) is 11.1 Å². The molecule has 1 saturated carbocycles.